The van der Waals surface area contributed by atoms with Crippen LogP contribution >= 0.6 is 11.6 Å². The summed E-state index contributed by atoms with van der Waals surface area (Å²) in [5.74, 6) is 1.36. The molecule has 1 N–H and O–H groups in total. The number of amides is 1. The molecule has 0 saturated carbocycles. The molecule has 0 spiro atoms. The second-order valence-electron chi connectivity index (χ2n) is 6.66. The molecule has 4 nitrogen and oxygen atoms in total. The highest BCUT2D eigenvalue weighted by Crippen LogP contribution is 2.29. The average Bonchev–Trinajstić information content (AvgIpc) is 2.76. The minimum absolute atomic E-state index is 0.00307. The molecular weight excluding hydrogens is 386 g/mol. The van der Waals surface area contributed by atoms with E-state index in [1.807, 2.05) is 72.8 Å². The number of aryl methyl sites for hydroxylation is 1. The van der Waals surface area contributed by atoms with Crippen LogP contribution in [-0.4, -0.2) is 13.0 Å². The van der Waals surface area contributed by atoms with Crippen molar-refractivity contribution in [2.45, 2.75) is 26.0 Å². The Morgan fingerprint density at radius 2 is 1.62 bits per heavy atom. The van der Waals surface area contributed by atoms with E-state index in [0.717, 1.165) is 16.7 Å². The molecule has 3 rings (SSSR count). The summed E-state index contributed by atoms with van der Waals surface area (Å²) in [5.41, 5.74) is 3.14. The largest absolute Gasteiger partial charge is 0.493 e. The van der Waals surface area contributed by atoms with Gasteiger partial charge in [0.2, 0.25) is 5.91 Å². The van der Waals surface area contributed by atoms with E-state index in [4.69, 9.17) is 21.1 Å². The smallest absolute Gasteiger partial charge is 0.220 e. The minimum Gasteiger partial charge on any atom is -0.493 e. The maximum absolute atomic E-state index is 12.1. The molecule has 0 fully saturated rings. The molecule has 1 amide bonds. The number of nitrogens with one attached hydrogen (secondary N) is 1. The fourth-order valence-electron chi connectivity index (χ4n) is 2.87. The Kier molecular flexibility index (Phi) is 7.54. The molecule has 0 unspecified atom stereocenters. The molecule has 29 heavy (non-hydrogen) atoms. The number of methoxy groups -OCH3 is 1. The summed E-state index contributed by atoms with van der Waals surface area (Å²) >= 11 is 5.87. The van der Waals surface area contributed by atoms with Crippen LogP contribution in [0.1, 0.15) is 23.1 Å². The van der Waals surface area contributed by atoms with Crippen molar-refractivity contribution in [1.82, 2.24) is 5.32 Å². The van der Waals surface area contributed by atoms with Crippen LogP contribution in [0.4, 0.5) is 0 Å². The number of rotatable bonds is 9. The quantitative estimate of drug-likeness (QED) is 0.530. The van der Waals surface area contributed by atoms with E-state index in [1.165, 1.54) is 0 Å². The maximum Gasteiger partial charge on any atom is 0.220 e. The van der Waals surface area contributed by atoms with Gasteiger partial charge in [-0.25, -0.2) is 0 Å². The normalized spacial score (nSPS) is 10.4. The van der Waals surface area contributed by atoms with Gasteiger partial charge in [0.15, 0.2) is 11.5 Å². The van der Waals surface area contributed by atoms with E-state index in [-0.39, 0.29) is 5.91 Å². The first-order chi connectivity index (χ1) is 14.1. The molecule has 3 aromatic rings. The number of hydrogen-bond donors (Lipinski definition) is 1. The number of benzene rings is 3. The Labute approximate surface area is 176 Å². The van der Waals surface area contributed by atoms with Gasteiger partial charge in [-0.3, -0.25) is 4.79 Å². The zero-order chi connectivity index (χ0) is 20.5. The van der Waals surface area contributed by atoms with Crippen LogP contribution in [0.25, 0.3) is 0 Å². The molecule has 0 bridgehead atoms. The Balaban J connectivity index is 1.50. The van der Waals surface area contributed by atoms with Crippen molar-refractivity contribution < 1.29 is 14.3 Å². The van der Waals surface area contributed by atoms with Gasteiger partial charge in [-0.05, 0) is 47.4 Å². The first kappa shape index (κ1) is 20.7. The second kappa shape index (κ2) is 10.5. The van der Waals surface area contributed by atoms with Crippen LogP contribution in [0, 0.1) is 0 Å². The average molecular weight is 410 g/mol. The van der Waals surface area contributed by atoms with Gasteiger partial charge >= 0.3 is 0 Å². The Morgan fingerprint density at radius 1 is 0.897 bits per heavy atom. The Bertz CT molecular complexity index is 927. The lowest BCUT2D eigenvalue weighted by Gasteiger charge is -2.12. The number of hydrogen-bond acceptors (Lipinski definition) is 3. The van der Waals surface area contributed by atoms with E-state index in [2.05, 4.69) is 5.32 Å². The SMILES string of the molecule is COc1cc(CCC(=O)NCc2ccc(Cl)cc2)ccc1OCc1ccccc1. The van der Waals surface area contributed by atoms with Crippen molar-refractivity contribution in [1.29, 1.82) is 0 Å². The summed E-state index contributed by atoms with van der Waals surface area (Å²) in [6, 6.07) is 23.2. The number of carbonyl (C=O) groups is 1. The minimum atomic E-state index is 0.00307. The zero-order valence-corrected chi connectivity index (χ0v) is 17.1. The Morgan fingerprint density at radius 3 is 2.34 bits per heavy atom. The van der Waals surface area contributed by atoms with Gasteiger partial charge in [0, 0.05) is 18.0 Å². The molecule has 0 aliphatic carbocycles. The predicted octanol–water partition coefficient (Wildman–Crippen LogP) is 5.18. The lowest BCUT2D eigenvalue weighted by molar-refractivity contribution is -0.121. The number of halogens is 1. The monoisotopic (exact) mass is 409 g/mol. The highest BCUT2D eigenvalue weighted by atomic mass is 35.5. The van der Waals surface area contributed by atoms with Crippen LogP contribution in [0.2, 0.25) is 5.02 Å². The van der Waals surface area contributed by atoms with Gasteiger partial charge in [-0.2, -0.15) is 0 Å². The molecule has 0 aliphatic rings. The highest BCUT2D eigenvalue weighted by molar-refractivity contribution is 6.30. The highest BCUT2D eigenvalue weighted by Gasteiger charge is 2.08. The van der Waals surface area contributed by atoms with Gasteiger partial charge in [0.25, 0.3) is 0 Å². The second-order valence-corrected chi connectivity index (χ2v) is 7.10. The van der Waals surface area contributed by atoms with E-state index < -0.39 is 0 Å². The standard InChI is InChI=1S/C24H24ClNO3/c1-28-23-15-18(9-13-22(23)29-17-20-5-3-2-4-6-20)10-14-24(27)26-16-19-7-11-21(25)12-8-19/h2-9,11-13,15H,10,14,16-17H2,1H3,(H,26,27). The molecule has 0 aliphatic heterocycles. The maximum atomic E-state index is 12.1. The first-order valence-electron chi connectivity index (χ1n) is 9.49. The van der Waals surface area contributed by atoms with Crippen LogP contribution < -0.4 is 14.8 Å². The van der Waals surface area contributed by atoms with E-state index >= 15 is 0 Å². The molecule has 0 aromatic heterocycles. The summed E-state index contributed by atoms with van der Waals surface area (Å²) in [4.78, 5) is 12.1. The third kappa shape index (κ3) is 6.54. The van der Waals surface area contributed by atoms with Gasteiger partial charge in [-0.15, -0.1) is 0 Å². The zero-order valence-electron chi connectivity index (χ0n) is 16.4. The fraction of sp³-hybridized carbons (Fsp3) is 0.208. The predicted molar refractivity (Wildman–Crippen MR) is 115 cm³/mol. The molecular formula is C24H24ClNO3. The molecule has 0 saturated heterocycles. The molecule has 5 heteroatoms. The molecule has 0 radical (unpaired) electrons. The van der Waals surface area contributed by atoms with E-state index in [9.17, 15) is 4.79 Å². The van der Waals surface area contributed by atoms with Gasteiger partial charge in [0.1, 0.15) is 6.61 Å². The molecule has 150 valence electrons. The van der Waals surface area contributed by atoms with Gasteiger partial charge in [-0.1, -0.05) is 60.1 Å². The fourth-order valence-corrected chi connectivity index (χ4v) is 3.00. The van der Waals surface area contributed by atoms with Crippen molar-refractivity contribution in [3.63, 3.8) is 0 Å². The summed E-state index contributed by atoms with van der Waals surface area (Å²) in [6.07, 6.45) is 1.03. The van der Waals surface area contributed by atoms with Crippen LogP contribution in [-0.2, 0) is 24.4 Å². The van der Waals surface area contributed by atoms with Gasteiger partial charge in [0.05, 0.1) is 7.11 Å². The summed E-state index contributed by atoms with van der Waals surface area (Å²) in [7, 11) is 1.62. The van der Waals surface area contributed by atoms with Crippen LogP contribution in [0.3, 0.4) is 0 Å². The van der Waals surface area contributed by atoms with Crippen molar-refractivity contribution in [2.75, 3.05) is 7.11 Å². The van der Waals surface area contributed by atoms with Crippen LogP contribution in [0.15, 0.2) is 72.8 Å². The van der Waals surface area contributed by atoms with Crippen molar-refractivity contribution in [2.24, 2.45) is 0 Å². The third-order valence-electron chi connectivity index (χ3n) is 4.51. The van der Waals surface area contributed by atoms with E-state index in [0.29, 0.717) is 42.5 Å². The summed E-state index contributed by atoms with van der Waals surface area (Å²) < 4.78 is 11.3. The lowest BCUT2D eigenvalue weighted by Crippen LogP contribution is -2.22. The third-order valence-corrected chi connectivity index (χ3v) is 4.76. The van der Waals surface area contributed by atoms with E-state index in [1.54, 1.807) is 7.11 Å². The number of carbonyl (C=O) groups excluding carboxylic acids is 1. The number of ether oxygens (including phenoxy) is 2. The molecule has 3 aromatic carbocycles. The van der Waals surface area contributed by atoms with Gasteiger partial charge < -0.3 is 14.8 Å². The van der Waals surface area contributed by atoms with Crippen molar-refractivity contribution in [3.05, 3.63) is 94.5 Å². The van der Waals surface area contributed by atoms with Crippen molar-refractivity contribution in [3.8, 4) is 11.5 Å². The molecule has 0 atom stereocenters. The Hall–Kier alpha value is -2.98. The van der Waals surface area contributed by atoms with Crippen LogP contribution in [0.5, 0.6) is 11.5 Å². The summed E-state index contributed by atoms with van der Waals surface area (Å²) in [5, 5.41) is 3.61. The topological polar surface area (TPSA) is 47.6 Å². The molecule has 0 heterocycles. The van der Waals surface area contributed by atoms with Crippen molar-refractivity contribution >= 4 is 17.5 Å². The summed E-state index contributed by atoms with van der Waals surface area (Å²) in [6.45, 7) is 0.967. The lowest BCUT2D eigenvalue weighted by atomic mass is 10.1. The first-order valence-corrected chi connectivity index (χ1v) is 9.86.